The first-order valence-corrected chi connectivity index (χ1v) is 7.20. The van der Waals surface area contributed by atoms with E-state index in [0.717, 1.165) is 0 Å². The van der Waals surface area contributed by atoms with Gasteiger partial charge in [0.05, 0.1) is 6.20 Å². The van der Waals surface area contributed by atoms with E-state index >= 15 is 0 Å². The number of carbonyl (C=O) groups excluding carboxylic acids is 1. The zero-order chi connectivity index (χ0) is 13.2. The maximum absolute atomic E-state index is 12.2. The molecule has 0 radical (unpaired) electrons. The van der Waals surface area contributed by atoms with E-state index in [1.165, 1.54) is 23.6 Å². The van der Waals surface area contributed by atoms with Crippen LogP contribution in [0.3, 0.4) is 0 Å². The molecule has 1 saturated heterocycles. The summed E-state index contributed by atoms with van der Waals surface area (Å²) in [6.45, 7) is 3.30. The zero-order valence-electron chi connectivity index (χ0n) is 10.2. The molecule has 1 fully saturated rings. The lowest BCUT2D eigenvalue weighted by molar-refractivity contribution is -0.128. The highest BCUT2D eigenvalue weighted by atomic mass is 32.2. The van der Waals surface area contributed by atoms with Crippen LogP contribution in [0, 0.1) is 0 Å². The van der Waals surface area contributed by atoms with E-state index in [2.05, 4.69) is 10.2 Å². The van der Waals surface area contributed by atoms with Crippen LogP contribution >= 0.6 is 0 Å². The van der Waals surface area contributed by atoms with Crippen LogP contribution in [0.5, 0.6) is 0 Å². The maximum atomic E-state index is 12.2. The third kappa shape index (κ3) is 2.54. The molecule has 0 saturated carbocycles. The van der Waals surface area contributed by atoms with Gasteiger partial charge in [0.25, 0.3) is 0 Å². The first-order chi connectivity index (χ1) is 8.51. The van der Waals surface area contributed by atoms with Crippen molar-refractivity contribution in [1.82, 2.24) is 19.4 Å². The molecule has 8 heteroatoms. The van der Waals surface area contributed by atoms with Crippen LogP contribution in [0.4, 0.5) is 0 Å². The number of nitrogens with zero attached hydrogens (tertiary/aromatic N) is 3. The Kier molecular flexibility index (Phi) is 3.67. The minimum absolute atomic E-state index is 0.0161. The van der Waals surface area contributed by atoms with E-state index in [9.17, 15) is 13.2 Å². The number of nitrogens with one attached hydrogen (secondary N) is 1. The summed E-state index contributed by atoms with van der Waals surface area (Å²) in [5.74, 6) is -0.0161. The number of amides is 1. The predicted molar refractivity (Wildman–Crippen MR) is 64.2 cm³/mol. The van der Waals surface area contributed by atoms with Crippen LogP contribution < -0.4 is 0 Å². The molecule has 0 aromatic carbocycles. The van der Waals surface area contributed by atoms with E-state index < -0.39 is 10.0 Å². The molecule has 1 amide bonds. The van der Waals surface area contributed by atoms with Crippen LogP contribution in [0.1, 0.15) is 13.3 Å². The summed E-state index contributed by atoms with van der Waals surface area (Å²) in [6.07, 6.45) is 3.31. The van der Waals surface area contributed by atoms with Crippen molar-refractivity contribution in [3.05, 3.63) is 12.4 Å². The number of aromatic nitrogens is 2. The fourth-order valence-corrected chi connectivity index (χ4v) is 3.36. The van der Waals surface area contributed by atoms with Crippen molar-refractivity contribution < 1.29 is 13.2 Å². The molecule has 0 aliphatic carbocycles. The Morgan fingerprint density at radius 2 is 2.11 bits per heavy atom. The summed E-state index contributed by atoms with van der Waals surface area (Å²) in [5.41, 5.74) is 0. The van der Waals surface area contributed by atoms with E-state index in [0.29, 0.717) is 32.6 Å². The van der Waals surface area contributed by atoms with Crippen LogP contribution in [0.25, 0.3) is 0 Å². The second-order valence-corrected chi connectivity index (χ2v) is 6.14. The summed E-state index contributed by atoms with van der Waals surface area (Å²) >= 11 is 0. The minimum Gasteiger partial charge on any atom is -0.342 e. The number of hydrogen-bond donors (Lipinski definition) is 1. The lowest BCUT2D eigenvalue weighted by Crippen LogP contribution is -2.36. The second kappa shape index (κ2) is 5.07. The summed E-state index contributed by atoms with van der Waals surface area (Å²) in [4.78, 5) is 13.1. The molecule has 2 heterocycles. The number of hydrogen-bond acceptors (Lipinski definition) is 4. The van der Waals surface area contributed by atoms with Gasteiger partial charge in [0, 0.05) is 39.3 Å². The molecule has 18 heavy (non-hydrogen) atoms. The largest absolute Gasteiger partial charge is 0.342 e. The molecule has 1 N–H and O–H groups in total. The van der Waals surface area contributed by atoms with Gasteiger partial charge >= 0.3 is 0 Å². The smallest absolute Gasteiger partial charge is 0.246 e. The minimum atomic E-state index is -3.49. The average Bonchev–Trinajstić information content (AvgIpc) is 2.73. The Labute approximate surface area is 106 Å². The van der Waals surface area contributed by atoms with Crippen molar-refractivity contribution in [3.8, 4) is 0 Å². The molecular formula is C10H16N4O3S. The van der Waals surface area contributed by atoms with Crippen LogP contribution in [0.2, 0.25) is 0 Å². The number of rotatable bonds is 2. The Morgan fingerprint density at radius 3 is 2.72 bits per heavy atom. The highest BCUT2D eigenvalue weighted by Gasteiger charge is 2.27. The first kappa shape index (κ1) is 13.0. The molecule has 100 valence electrons. The fourth-order valence-electron chi connectivity index (χ4n) is 1.98. The lowest BCUT2D eigenvalue weighted by atomic mass is 10.4. The fraction of sp³-hybridized carbons (Fsp3) is 0.600. The molecule has 1 aromatic heterocycles. The third-order valence-corrected chi connectivity index (χ3v) is 4.88. The Bertz CT molecular complexity index is 511. The monoisotopic (exact) mass is 272 g/mol. The van der Waals surface area contributed by atoms with Gasteiger partial charge in [-0.1, -0.05) is 0 Å². The molecule has 0 unspecified atom stereocenters. The van der Waals surface area contributed by atoms with Gasteiger partial charge in [-0.3, -0.25) is 9.89 Å². The van der Waals surface area contributed by atoms with Crippen LogP contribution in [-0.4, -0.2) is 59.9 Å². The van der Waals surface area contributed by atoms with Gasteiger partial charge in [0.1, 0.15) is 4.90 Å². The third-order valence-electron chi connectivity index (χ3n) is 3.01. The molecule has 0 bridgehead atoms. The quantitative estimate of drug-likeness (QED) is 0.797. The molecule has 0 atom stereocenters. The van der Waals surface area contributed by atoms with E-state index in [4.69, 9.17) is 0 Å². The van der Waals surface area contributed by atoms with Gasteiger partial charge in [0.15, 0.2) is 0 Å². The second-order valence-electron chi connectivity index (χ2n) is 4.20. The van der Waals surface area contributed by atoms with E-state index in [-0.39, 0.29) is 10.8 Å². The van der Waals surface area contributed by atoms with Gasteiger partial charge in [-0.05, 0) is 6.42 Å². The Balaban J connectivity index is 2.13. The summed E-state index contributed by atoms with van der Waals surface area (Å²) in [7, 11) is -3.49. The Morgan fingerprint density at radius 1 is 1.33 bits per heavy atom. The number of sulfonamides is 1. The van der Waals surface area contributed by atoms with Gasteiger partial charge in [-0.15, -0.1) is 0 Å². The normalized spacial score (nSPS) is 18.6. The van der Waals surface area contributed by atoms with Crippen molar-refractivity contribution in [2.75, 3.05) is 26.2 Å². The van der Waals surface area contributed by atoms with Crippen LogP contribution in [0.15, 0.2) is 17.3 Å². The van der Waals surface area contributed by atoms with Crippen molar-refractivity contribution in [3.63, 3.8) is 0 Å². The predicted octanol–water partition coefficient (Wildman–Crippen LogP) is -0.347. The van der Waals surface area contributed by atoms with Gasteiger partial charge < -0.3 is 4.90 Å². The first-order valence-electron chi connectivity index (χ1n) is 5.76. The average molecular weight is 272 g/mol. The molecule has 7 nitrogen and oxygen atoms in total. The van der Waals surface area contributed by atoms with Crippen molar-refractivity contribution in [2.24, 2.45) is 0 Å². The molecular weight excluding hydrogens is 256 g/mol. The van der Waals surface area contributed by atoms with Gasteiger partial charge in [0.2, 0.25) is 15.9 Å². The summed E-state index contributed by atoms with van der Waals surface area (Å²) in [5, 5.41) is 6.15. The number of H-pyrrole nitrogens is 1. The standard InChI is InChI=1S/C10H16N4O3S/c1-9(15)13-3-2-4-14(6-5-13)18(16,17)10-7-11-12-8-10/h7-8H,2-6H2,1H3,(H,11,12). The van der Waals surface area contributed by atoms with Crippen molar-refractivity contribution >= 4 is 15.9 Å². The zero-order valence-corrected chi connectivity index (χ0v) is 11.0. The topological polar surface area (TPSA) is 86.4 Å². The lowest BCUT2D eigenvalue weighted by Gasteiger charge is -2.20. The molecule has 1 aliphatic rings. The highest BCUT2D eigenvalue weighted by Crippen LogP contribution is 2.16. The summed E-state index contributed by atoms with van der Waals surface area (Å²) < 4.78 is 25.9. The molecule has 1 aliphatic heterocycles. The van der Waals surface area contributed by atoms with Crippen molar-refractivity contribution in [1.29, 1.82) is 0 Å². The van der Waals surface area contributed by atoms with E-state index in [1.54, 1.807) is 4.90 Å². The van der Waals surface area contributed by atoms with Crippen LogP contribution in [-0.2, 0) is 14.8 Å². The highest BCUT2D eigenvalue weighted by molar-refractivity contribution is 7.89. The van der Waals surface area contributed by atoms with Crippen molar-refractivity contribution in [2.45, 2.75) is 18.2 Å². The van der Waals surface area contributed by atoms with Gasteiger partial charge in [-0.25, -0.2) is 8.42 Å². The Hall–Kier alpha value is -1.41. The summed E-state index contributed by atoms with van der Waals surface area (Å²) in [6, 6.07) is 0. The number of carbonyl (C=O) groups is 1. The molecule has 1 aromatic rings. The van der Waals surface area contributed by atoms with E-state index in [1.807, 2.05) is 0 Å². The SMILES string of the molecule is CC(=O)N1CCCN(S(=O)(=O)c2cn[nH]c2)CC1. The molecule has 2 rings (SSSR count). The number of aromatic amines is 1. The molecule has 0 spiro atoms. The maximum Gasteiger partial charge on any atom is 0.246 e. The van der Waals surface area contributed by atoms with Gasteiger partial charge in [-0.2, -0.15) is 9.40 Å².